The quantitative estimate of drug-likeness (QED) is 0.651. The summed E-state index contributed by atoms with van der Waals surface area (Å²) in [5.74, 6) is 0.701. The molecule has 0 bridgehead atoms. The third kappa shape index (κ3) is 4.76. The van der Waals surface area contributed by atoms with Gasteiger partial charge in [0.05, 0.1) is 5.60 Å². The predicted molar refractivity (Wildman–Crippen MR) is 54.2 cm³/mol. The first-order valence-electron chi connectivity index (χ1n) is 5.28. The molecular weight excluding hydrogens is 148 g/mol. The van der Waals surface area contributed by atoms with Crippen LogP contribution in [-0.4, -0.2) is 10.7 Å². The van der Waals surface area contributed by atoms with Crippen LogP contribution in [0.15, 0.2) is 0 Å². The molecule has 0 aromatic rings. The van der Waals surface area contributed by atoms with Crippen molar-refractivity contribution >= 4 is 0 Å². The zero-order valence-corrected chi connectivity index (χ0v) is 9.06. The van der Waals surface area contributed by atoms with Crippen molar-refractivity contribution in [1.82, 2.24) is 0 Å². The minimum Gasteiger partial charge on any atom is -0.390 e. The lowest BCUT2D eigenvalue weighted by molar-refractivity contribution is 0.0234. The first kappa shape index (κ1) is 12.0. The summed E-state index contributed by atoms with van der Waals surface area (Å²) < 4.78 is 0. The lowest BCUT2D eigenvalue weighted by atomic mass is 9.86. The molecule has 1 atom stereocenters. The van der Waals surface area contributed by atoms with Gasteiger partial charge in [-0.05, 0) is 25.7 Å². The molecule has 0 aliphatic heterocycles. The van der Waals surface area contributed by atoms with Crippen LogP contribution in [-0.2, 0) is 0 Å². The van der Waals surface area contributed by atoms with Crippen molar-refractivity contribution in [3.8, 4) is 0 Å². The molecule has 0 aromatic heterocycles. The average molecular weight is 172 g/mol. The highest BCUT2D eigenvalue weighted by atomic mass is 16.3. The fourth-order valence-electron chi connectivity index (χ4n) is 1.84. The van der Waals surface area contributed by atoms with Crippen LogP contribution in [0, 0.1) is 5.92 Å². The van der Waals surface area contributed by atoms with Gasteiger partial charge in [-0.15, -0.1) is 0 Å². The van der Waals surface area contributed by atoms with Gasteiger partial charge in [0.25, 0.3) is 0 Å². The third-order valence-electron chi connectivity index (χ3n) is 2.67. The molecule has 1 nitrogen and oxygen atoms in total. The van der Waals surface area contributed by atoms with Gasteiger partial charge in [0.2, 0.25) is 0 Å². The Kier molecular flexibility index (Phi) is 5.56. The van der Waals surface area contributed by atoms with Crippen LogP contribution in [0.4, 0.5) is 0 Å². The second-order valence-electron chi connectivity index (χ2n) is 4.13. The molecule has 0 saturated heterocycles. The molecule has 0 rings (SSSR count). The lowest BCUT2D eigenvalue weighted by Crippen LogP contribution is -2.27. The molecule has 0 fully saturated rings. The first-order chi connectivity index (χ1) is 5.55. The minimum atomic E-state index is -0.425. The van der Waals surface area contributed by atoms with Crippen LogP contribution in [0.1, 0.15) is 59.8 Å². The Morgan fingerprint density at radius 1 is 1.17 bits per heavy atom. The van der Waals surface area contributed by atoms with Crippen LogP contribution in [0.3, 0.4) is 0 Å². The SMILES string of the molecule is CCCC(C)(O)CC(CC)CC. The molecule has 0 amide bonds. The lowest BCUT2D eigenvalue weighted by Gasteiger charge is -2.27. The second-order valence-corrected chi connectivity index (χ2v) is 4.13. The summed E-state index contributed by atoms with van der Waals surface area (Å²) in [6.07, 6.45) is 5.36. The van der Waals surface area contributed by atoms with E-state index in [4.69, 9.17) is 0 Å². The molecule has 12 heavy (non-hydrogen) atoms. The molecule has 0 heterocycles. The van der Waals surface area contributed by atoms with Crippen LogP contribution in [0.5, 0.6) is 0 Å². The van der Waals surface area contributed by atoms with Gasteiger partial charge in [-0.2, -0.15) is 0 Å². The summed E-state index contributed by atoms with van der Waals surface area (Å²) in [5.41, 5.74) is -0.425. The van der Waals surface area contributed by atoms with Crippen molar-refractivity contribution in [2.24, 2.45) is 5.92 Å². The predicted octanol–water partition coefficient (Wildman–Crippen LogP) is 3.36. The summed E-state index contributed by atoms with van der Waals surface area (Å²) in [4.78, 5) is 0. The van der Waals surface area contributed by atoms with Crippen molar-refractivity contribution in [2.75, 3.05) is 0 Å². The molecule has 0 radical (unpaired) electrons. The summed E-state index contributed by atoms with van der Waals surface area (Å²) >= 11 is 0. The number of aliphatic hydroxyl groups is 1. The van der Waals surface area contributed by atoms with E-state index in [0.29, 0.717) is 5.92 Å². The Morgan fingerprint density at radius 2 is 1.67 bits per heavy atom. The van der Waals surface area contributed by atoms with Crippen molar-refractivity contribution in [3.05, 3.63) is 0 Å². The van der Waals surface area contributed by atoms with E-state index in [2.05, 4.69) is 20.8 Å². The molecular formula is C11H24O. The van der Waals surface area contributed by atoms with Crippen molar-refractivity contribution < 1.29 is 5.11 Å². The summed E-state index contributed by atoms with van der Waals surface area (Å²) in [5, 5.41) is 9.95. The molecule has 1 heteroatoms. The largest absolute Gasteiger partial charge is 0.390 e. The molecule has 0 aromatic carbocycles. The van der Waals surface area contributed by atoms with Gasteiger partial charge in [0.15, 0.2) is 0 Å². The number of hydrogen-bond donors (Lipinski definition) is 1. The van der Waals surface area contributed by atoms with Crippen LogP contribution in [0.25, 0.3) is 0 Å². The van der Waals surface area contributed by atoms with Gasteiger partial charge in [-0.25, -0.2) is 0 Å². The summed E-state index contributed by atoms with van der Waals surface area (Å²) in [6, 6.07) is 0. The maximum atomic E-state index is 9.95. The molecule has 0 saturated carbocycles. The Morgan fingerprint density at radius 3 is 2.00 bits per heavy atom. The molecule has 0 aliphatic rings. The highest BCUT2D eigenvalue weighted by Crippen LogP contribution is 2.25. The van der Waals surface area contributed by atoms with E-state index in [9.17, 15) is 5.11 Å². The molecule has 1 N–H and O–H groups in total. The highest BCUT2D eigenvalue weighted by Gasteiger charge is 2.22. The first-order valence-corrected chi connectivity index (χ1v) is 5.28. The topological polar surface area (TPSA) is 20.2 Å². The Balaban J connectivity index is 3.84. The van der Waals surface area contributed by atoms with Crippen LogP contribution in [0.2, 0.25) is 0 Å². The van der Waals surface area contributed by atoms with Gasteiger partial charge in [0, 0.05) is 0 Å². The number of hydrogen-bond acceptors (Lipinski definition) is 1. The van der Waals surface area contributed by atoms with Crippen molar-refractivity contribution in [2.45, 2.75) is 65.4 Å². The average Bonchev–Trinajstić information content (AvgIpc) is 2.00. The zero-order chi connectivity index (χ0) is 9.61. The summed E-state index contributed by atoms with van der Waals surface area (Å²) in [7, 11) is 0. The highest BCUT2D eigenvalue weighted by molar-refractivity contribution is 4.75. The second kappa shape index (κ2) is 5.58. The standard InChI is InChI=1S/C11H24O/c1-5-8-11(4,12)9-10(6-2)7-3/h10,12H,5-9H2,1-4H3. The van der Waals surface area contributed by atoms with Gasteiger partial charge in [0.1, 0.15) is 0 Å². The fraction of sp³-hybridized carbons (Fsp3) is 1.00. The van der Waals surface area contributed by atoms with Crippen LogP contribution >= 0.6 is 0 Å². The van der Waals surface area contributed by atoms with Gasteiger partial charge in [-0.1, -0.05) is 40.0 Å². The zero-order valence-electron chi connectivity index (χ0n) is 9.06. The van der Waals surface area contributed by atoms with E-state index in [1.165, 1.54) is 12.8 Å². The van der Waals surface area contributed by atoms with E-state index in [1.54, 1.807) is 0 Å². The van der Waals surface area contributed by atoms with Gasteiger partial charge in [-0.3, -0.25) is 0 Å². The monoisotopic (exact) mass is 172 g/mol. The molecule has 0 aliphatic carbocycles. The van der Waals surface area contributed by atoms with Crippen LogP contribution < -0.4 is 0 Å². The molecule has 1 unspecified atom stereocenters. The molecule has 0 spiro atoms. The van der Waals surface area contributed by atoms with E-state index >= 15 is 0 Å². The smallest absolute Gasteiger partial charge is 0.0622 e. The Hall–Kier alpha value is -0.0400. The normalized spacial score (nSPS) is 16.5. The maximum Gasteiger partial charge on any atom is 0.0622 e. The van der Waals surface area contributed by atoms with Gasteiger partial charge < -0.3 is 5.11 Å². The number of rotatable bonds is 6. The van der Waals surface area contributed by atoms with E-state index in [1.807, 2.05) is 6.92 Å². The van der Waals surface area contributed by atoms with Crippen molar-refractivity contribution in [1.29, 1.82) is 0 Å². The van der Waals surface area contributed by atoms with E-state index in [-0.39, 0.29) is 0 Å². The van der Waals surface area contributed by atoms with Gasteiger partial charge >= 0.3 is 0 Å². The fourth-order valence-corrected chi connectivity index (χ4v) is 1.84. The minimum absolute atomic E-state index is 0.425. The summed E-state index contributed by atoms with van der Waals surface area (Å²) in [6.45, 7) is 8.50. The third-order valence-corrected chi connectivity index (χ3v) is 2.67. The van der Waals surface area contributed by atoms with E-state index in [0.717, 1.165) is 19.3 Å². The maximum absolute atomic E-state index is 9.95. The Bertz CT molecular complexity index is 104. The van der Waals surface area contributed by atoms with E-state index < -0.39 is 5.60 Å². The molecule has 74 valence electrons. The Labute approximate surface area is 77.2 Å². The van der Waals surface area contributed by atoms with Crippen molar-refractivity contribution in [3.63, 3.8) is 0 Å².